The van der Waals surface area contributed by atoms with Crippen LogP contribution in [0.15, 0.2) is 22.7 Å². The van der Waals surface area contributed by atoms with Crippen molar-refractivity contribution in [3.8, 4) is 0 Å². The second-order valence-corrected chi connectivity index (χ2v) is 4.23. The van der Waals surface area contributed by atoms with Crippen molar-refractivity contribution < 1.29 is 14.3 Å². The molecule has 0 aliphatic rings. The van der Waals surface area contributed by atoms with Crippen molar-refractivity contribution >= 4 is 33.5 Å². The highest BCUT2D eigenvalue weighted by atomic mass is 79.9. The number of nitrogen functional groups attached to an aromatic ring is 1. The number of ether oxygens (including phenoxy) is 1. The van der Waals surface area contributed by atoms with Gasteiger partial charge in [-0.1, -0.05) is 15.9 Å². The molecule has 0 aromatic heterocycles. The monoisotopic (exact) mass is 300 g/mol. The lowest BCUT2D eigenvalue weighted by Crippen LogP contribution is -2.27. The summed E-state index contributed by atoms with van der Waals surface area (Å²) in [5, 5.41) is 2.59. The third kappa shape index (κ3) is 4.07. The van der Waals surface area contributed by atoms with Crippen LogP contribution in [0.25, 0.3) is 0 Å². The second-order valence-electron chi connectivity index (χ2n) is 3.31. The molecule has 1 aromatic rings. The summed E-state index contributed by atoms with van der Waals surface area (Å²) < 4.78 is 5.23. The summed E-state index contributed by atoms with van der Waals surface area (Å²) in [6.45, 7) is 0.220. The van der Waals surface area contributed by atoms with Crippen molar-refractivity contribution in [2.45, 2.75) is 6.42 Å². The van der Waals surface area contributed by atoms with E-state index in [-0.39, 0.29) is 24.8 Å². The zero-order valence-corrected chi connectivity index (χ0v) is 10.9. The molecule has 0 heterocycles. The number of carbonyl (C=O) groups excluding carboxylic acids is 2. The van der Waals surface area contributed by atoms with E-state index < -0.39 is 0 Å². The first-order valence-electron chi connectivity index (χ1n) is 4.94. The molecule has 1 rings (SSSR count). The molecule has 0 radical (unpaired) electrons. The van der Waals surface area contributed by atoms with Crippen LogP contribution in [0.1, 0.15) is 16.8 Å². The van der Waals surface area contributed by atoms with Crippen molar-refractivity contribution in [1.82, 2.24) is 5.32 Å². The van der Waals surface area contributed by atoms with Gasteiger partial charge < -0.3 is 15.8 Å². The number of hydrogen-bond donors (Lipinski definition) is 2. The molecule has 0 atom stereocenters. The van der Waals surface area contributed by atoms with E-state index in [1.54, 1.807) is 18.2 Å². The lowest BCUT2D eigenvalue weighted by molar-refractivity contribution is -0.140. The maximum atomic E-state index is 11.7. The summed E-state index contributed by atoms with van der Waals surface area (Å²) in [6.07, 6.45) is 0.135. The van der Waals surface area contributed by atoms with E-state index in [4.69, 9.17) is 5.73 Å². The molecular formula is C11H13BrN2O3. The predicted octanol–water partition coefficient (Wildman–Crippen LogP) is 1.32. The smallest absolute Gasteiger partial charge is 0.307 e. The van der Waals surface area contributed by atoms with E-state index >= 15 is 0 Å². The summed E-state index contributed by atoms with van der Waals surface area (Å²) >= 11 is 3.26. The number of methoxy groups -OCH3 is 1. The predicted molar refractivity (Wildman–Crippen MR) is 67.5 cm³/mol. The van der Waals surface area contributed by atoms with Crippen LogP contribution >= 0.6 is 15.9 Å². The summed E-state index contributed by atoms with van der Waals surface area (Å²) in [5.41, 5.74) is 6.45. The van der Waals surface area contributed by atoms with Gasteiger partial charge >= 0.3 is 5.97 Å². The lowest BCUT2D eigenvalue weighted by Gasteiger charge is -2.07. The molecule has 0 saturated carbocycles. The first-order valence-corrected chi connectivity index (χ1v) is 5.74. The van der Waals surface area contributed by atoms with Gasteiger partial charge in [0.15, 0.2) is 0 Å². The Morgan fingerprint density at radius 3 is 2.82 bits per heavy atom. The van der Waals surface area contributed by atoms with E-state index in [1.807, 2.05) is 0 Å². The van der Waals surface area contributed by atoms with E-state index in [0.717, 1.165) is 4.47 Å². The van der Waals surface area contributed by atoms with Crippen molar-refractivity contribution in [3.63, 3.8) is 0 Å². The van der Waals surface area contributed by atoms with E-state index in [0.29, 0.717) is 11.3 Å². The van der Waals surface area contributed by atoms with E-state index in [2.05, 4.69) is 26.0 Å². The highest BCUT2D eigenvalue weighted by molar-refractivity contribution is 9.10. The van der Waals surface area contributed by atoms with Crippen LogP contribution < -0.4 is 11.1 Å². The van der Waals surface area contributed by atoms with Gasteiger partial charge in [0, 0.05) is 16.7 Å². The fourth-order valence-corrected chi connectivity index (χ4v) is 1.56. The first-order chi connectivity index (χ1) is 8.04. The normalized spacial score (nSPS) is 9.76. The Kier molecular flexibility index (Phi) is 4.96. The molecule has 6 heteroatoms. The van der Waals surface area contributed by atoms with Gasteiger partial charge in [-0.25, -0.2) is 0 Å². The molecule has 0 aliphatic carbocycles. The number of esters is 1. The Hall–Kier alpha value is -1.56. The molecule has 1 aromatic carbocycles. The molecule has 1 amide bonds. The summed E-state index contributed by atoms with van der Waals surface area (Å²) in [4.78, 5) is 22.6. The Morgan fingerprint density at radius 2 is 2.18 bits per heavy atom. The van der Waals surface area contributed by atoms with Gasteiger partial charge in [-0.15, -0.1) is 0 Å². The average molecular weight is 301 g/mol. The quantitative estimate of drug-likeness (QED) is 0.649. The van der Waals surface area contributed by atoms with Gasteiger partial charge in [-0.3, -0.25) is 9.59 Å². The molecule has 0 spiro atoms. The zero-order chi connectivity index (χ0) is 12.8. The van der Waals surface area contributed by atoms with Crippen LogP contribution in [0.3, 0.4) is 0 Å². The molecule has 0 saturated heterocycles. The summed E-state index contributed by atoms with van der Waals surface area (Å²) in [7, 11) is 1.30. The van der Waals surface area contributed by atoms with Gasteiger partial charge in [-0.2, -0.15) is 0 Å². The van der Waals surface area contributed by atoms with Crippen LogP contribution in [0.5, 0.6) is 0 Å². The number of anilines is 1. The molecule has 5 nitrogen and oxygen atoms in total. The number of benzene rings is 1. The molecule has 92 valence electrons. The Bertz CT molecular complexity index is 435. The fourth-order valence-electron chi connectivity index (χ4n) is 1.20. The van der Waals surface area contributed by atoms with Crippen LogP contribution in [-0.4, -0.2) is 25.5 Å². The molecule has 0 aliphatic heterocycles. The second kappa shape index (κ2) is 6.24. The molecular weight excluding hydrogens is 288 g/mol. The minimum atomic E-state index is -0.368. The summed E-state index contributed by atoms with van der Waals surface area (Å²) in [5.74, 6) is -0.680. The number of carbonyl (C=O) groups is 2. The largest absolute Gasteiger partial charge is 0.469 e. The first kappa shape index (κ1) is 13.5. The van der Waals surface area contributed by atoms with Crippen LogP contribution in [-0.2, 0) is 9.53 Å². The number of nitrogens with one attached hydrogen (secondary N) is 1. The molecule has 0 unspecified atom stereocenters. The number of rotatable bonds is 4. The third-order valence-corrected chi connectivity index (χ3v) is 2.60. The highest BCUT2D eigenvalue weighted by Crippen LogP contribution is 2.18. The number of hydrogen-bond acceptors (Lipinski definition) is 4. The number of amides is 1. The highest BCUT2D eigenvalue weighted by Gasteiger charge is 2.10. The van der Waals surface area contributed by atoms with Crippen molar-refractivity contribution in [3.05, 3.63) is 28.2 Å². The van der Waals surface area contributed by atoms with Crippen LogP contribution in [0.2, 0.25) is 0 Å². The van der Waals surface area contributed by atoms with Crippen LogP contribution in [0.4, 0.5) is 5.69 Å². The number of nitrogens with two attached hydrogens (primary N) is 1. The van der Waals surface area contributed by atoms with Gasteiger partial charge in [0.25, 0.3) is 5.91 Å². The zero-order valence-electron chi connectivity index (χ0n) is 9.33. The molecule has 0 fully saturated rings. The number of halogens is 1. The Balaban J connectivity index is 2.58. The molecule has 0 bridgehead atoms. The van der Waals surface area contributed by atoms with Crippen molar-refractivity contribution in [1.29, 1.82) is 0 Å². The standard InChI is InChI=1S/C11H13BrN2O3/c1-17-10(15)4-5-14-11(16)8-6-7(12)2-3-9(8)13/h2-3,6H,4-5,13H2,1H3,(H,14,16). The fraction of sp³-hybridized carbons (Fsp3) is 0.273. The van der Waals surface area contributed by atoms with E-state index in [9.17, 15) is 9.59 Å². The van der Waals surface area contributed by atoms with Gasteiger partial charge in [0.05, 0.1) is 19.1 Å². The Morgan fingerprint density at radius 1 is 1.47 bits per heavy atom. The molecule has 17 heavy (non-hydrogen) atoms. The maximum absolute atomic E-state index is 11.7. The minimum Gasteiger partial charge on any atom is -0.469 e. The van der Waals surface area contributed by atoms with Crippen molar-refractivity contribution in [2.24, 2.45) is 0 Å². The lowest BCUT2D eigenvalue weighted by atomic mass is 10.1. The minimum absolute atomic E-state index is 0.135. The third-order valence-electron chi connectivity index (χ3n) is 2.10. The van der Waals surface area contributed by atoms with Gasteiger partial charge in [0.2, 0.25) is 0 Å². The van der Waals surface area contributed by atoms with Gasteiger partial charge in [-0.05, 0) is 18.2 Å². The topological polar surface area (TPSA) is 81.4 Å². The van der Waals surface area contributed by atoms with Crippen LogP contribution in [0, 0.1) is 0 Å². The Labute approximate surface area is 107 Å². The SMILES string of the molecule is COC(=O)CCNC(=O)c1cc(Br)ccc1N. The average Bonchev–Trinajstić information content (AvgIpc) is 2.31. The van der Waals surface area contributed by atoms with Crippen molar-refractivity contribution in [2.75, 3.05) is 19.4 Å². The summed E-state index contributed by atoms with van der Waals surface area (Å²) in [6, 6.07) is 5.02. The van der Waals surface area contributed by atoms with Gasteiger partial charge in [0.1, 0.15) is 0 Å². The molecule has 3 N–H and O–H groups in total. The van der Waals surface area contributed by atoms with E-state index in [1.165, 1.54) is 7.11 Å². The maximum Gasteiger partial charge on any atom is 0.307 e.